The molecule has 0 aliphatic carbocycles. The molecule has 1 rings (SSSR count). The predicted molar refractivity (Wildman–Crippen MR) is 152 cm³/mol. The highest BCUT2D eigenvalue weighted by molar-refractivity contribution is 5.93. The van der Waals surface area contributed by atoms with Crippen molar-refractivity contribution in [3.63, 3.8) is 0 Å². The molecule has 0 aliphatic rings. The number of phenolic OH excluding ortho intramolecular Hbond substituents is 1. The van der Waals surface area contributed by atoms with Gasteiger partial charge in [0.05, 0.1) is 0 Å². The van der Waals surface area contributed by atoms with Gasteiger partial charge in [-0.1, -0.05) is 59.2 Å². The summed E-state index contributed by atoms with van der Waals surface area (Å²) in [5, 5.41) is 16.6. The third-order valence-corrected chi connectivity index (χ3v) is 6.36. The Morgan fingerprint density at radius 3 is 2.05 bits per heavy atom. The van der Waals surface area contributed by atoms with E-state index in [1.807, 2.05) is 34.6 Å². The summed E-state index contributed by atoms with van der Waals surface area (Å²) < 4.78 is 5.44. The maximum Gasteiger partial charge on any atom is 0.408 e. The van der Waals surface area contributed by atoms with Crippen LogP contribution in [-0.4, -0.2) is 51.6 Å². The van der Waals surface area contributed by atoms with E-state index in [-0.39, 0.29) is 29.7 Å². The molecule has 0 radical (unpaired) electrons. The number of nitrogens with one attached hydrogen (secondary N) is 2. The number of aromatic hydroxyl groups is 1. The van der Waals surface area contributed by atoms with Gasteiger partial charge in [-0.2, -0.15) is 0 Å². The van der Waals surface area contributed by atoms with Crippen molar-refractivity contribution in [2.75, 3.05) is 0 Å². The molecule has 4 unspecified atom stereocenters. The molecule has 0 heterocycles. The Bertz CT molecular complexity index is 909. The Morgan fingerprint density at radius 1 is 0.947 bits per heavy atom. The van der Waals surface area contributed by atoms with E-state index >= 15 is 0 Å². The molecule has 1 aromatic carbocycles. The largest absolute Gasteiger partial charge is 0.508 e. The van der Waals surface area contributed by atoms with E-state index in [0.29, 0.717) is 17.9 Å². The third-order valence-electron chi connectivity index (χ3n) is 6.36. The van der Waals surface area contributed by atoms with Gasteiger partial charge in [-0.05, 0) is 71.8 Å². The number of hydrogen-bond donors (Lipinski definition) is 3. The number of carbonyl (C=O) groups excluding carboxylic acids is 3. The third kappa shape index (κ3) is 10.5. The number of benzene rings is 1. The molecular formula is C30H51N3O5. The van der Waals surface area contributed by atoms with Gasteiger partial charge in [0.1, 0.15) is 23.4 Å². The first-order valence-corrected chi connectivity index (χ1v) is 14.0. The SMILES string of the molecule is CCCC(C)NC(=O)C(c1ccccc1O)N(C(=O)C(NC(=O)OC(C)(C)C)C(C)C)C(C)CCC(C)C. The second kappa shape index (κ2) is 15.0. The van der Waals surface area contributed by atoms with Crippen molar-refractivity contribution in [1.29, 1.82) is 0 Å². The number of nitrogens with zero attached hydrogens (tertiary/aromatic N) is 1. The van der Waals surface area contributed by atoms with Crippen LogP contribution in [0.4, 0.5) is 4.79 Å². The van der Waals surface area contributed by atoms with Gasteiger partial charge < -0.3 is 25.4 Å². The van der Waals surface area contributed by atoms with E-state index in [9.17, 15) is 19.5 Å². The summed E-state index contributed by atoms with van der Waals surface area (Å²) in [5.41, 5.74) is -0.384. The molecule has 0 bridgehead atoms. The molecule has 0 saturated carbocycles. The van der Waals surface area contributed by atoms with Crippen LogP contribution in [-0.2, 0) is 14.3 Å². The highest BCUT2D eigenvalue weighted by atomic mass is 16.6. The highest BCUT2D eigenvalue weighted by Gasteiger charge is 2.41. The van der Waals surface area contributed by atoms with E-state index < -0.39 is 29.7 Å². The number of hydrogen-bond acceptors (Lipinski definition) is 5. The Morgan fingerprint density at radius 2 is 1.55 bits per heavy atom. The number of amides is 3. The first-order valence-electron chi connectivity index (χ1n) is 14.0. The van der Waals surface area contributed by atoms with E-state index in [1.54, 1.807) is 43.9 Å². The van der Waals surface area contributed by atoms with Gasteiger partial charge in [0.2, 0.25) is 11.8 Å². The number of rotatable bonds is 13. The average Bonchev–Trinajstić information content (AvgIpc) is 2.78. The van der Waals surface area contributed by atoms with Gasteiger partial charge >= 0.3 is 6.09 Å². The minimum absolute atomic E-state index is 0.0640. The molecular weight excluding hydrogens is 482 g/mol. The van der Waals surface area contributed by atoms with Crippen LogP contribution in [0, 0.1) is 11.8 Å². The lowest BCUT2D eigenvalue weighted by Crippen LogP contribution is -2.57. The number of para-hydroxylation sites is 1. The van der Waals surface area contributed by atoms with Crippen molar-refractivity contribution in [3.8, 4) is 5.75 Å². The molecule has 4 atom stereocenters. The lowest BCUT2D eigenvalue weighted by atomic mass is 9.94. The van der Waals surface area contributed by atoms with Gasteiger partial charge in [-0.3, -0.25) is 9.59 Å². The molecule has 0 saturated heterocycles. The van der Waals surface area contributed by atoms with E-state index in [1.165, 1.54) is 6.07 Å². The molecule has 0 aromatic heterocycles. The molecule has 0 fully saturated rings. The minimum atomic E-state index is -1.08. The summed E-state index contributed by atoms with van der Waals surface area (Å²) in [6.45, 7) is 19.1. The van der Waals surface area contributed by atoms with Crippen LogP contribution in [0.15, 0.2) is 24.3 Å². The highest BCUT2D eigenvalue weighted by Crippen LogP contribution is 2.33. The van der Waals surface area contributed by atoms with E-state index in [4.69, 9.17) is 4.74 Å². The number of carbonyl (C=O) groups is 3. The molecule has 8 nitrogen and oxygen atoms in total. The molecule has 38 heavy (non-hydrogen) atoms. The zero-order chi connectivity index (χ0) is 29.2. The molecule has 3 N–H and O–H groups in total. The van der Waals surface area contributed by atoms with Crippen molar-refractivity contribution in [2.45, 2.75) is 125 Å². The van der Waals surface area contributed by atoms with Gasteiger partial charge in [0.25, 0.3) is 0 Å². The number of ether oxygens (including phenoxy) is 1. The van der Waals surface area contributed by atoms with Crippen LogP contribution in [0.3, 0.4) is 0 Å². The summed E-state index contributed by atoms with van der Waals surface area (Å²) in [6.07, 6.45) is 2.48. The fourth-order valence-corrected chi connectivity index (χ4v) is 4.38. The zero-order valence-corrected chi connectivity index (χ0v) is 25.1. The fourth-order valence-electron chi connectivity index (χ4n) is 4.38. The summed E-state index contributed by atoms with van der Waals surface area (Å²) >= 11 is 0. The maximum atomic E-state index is 14.3. The van der Waals surface area contributed by atoms with E-state index in [0.717, 1.165) is 19.3 Å². The predicted octanol–water partition coefficient (Wildman–Crippen LogP) is 5.94. The van der Waals surface area contributed by atoms with Gasteiger partial charge in [0, 0.05) is 17.6 Å². The fraction of sp³-hybridized carbons (Fsp3) is 0.700. The maximum absolute atomic E-state index is 14.3. The van der Waals surface area contributed by atoms with Crippen LogP contribution < -0.4 is 10.6 Å². The quantitative estimate of drug-likeness (QED) is 0.291. The summed E-state index contributed by atoms with van der Waals surface area (Å²) in [4.78, 5) is 42.4. The molecule has 0 spiro atoms. The standard InChI is InChI=1S/C30H51N3O5/c1-11-14-21(6)31-27(35)26(23-15-12-13-16-24(23)34)33(22(7)18-17-19(2)3)28(36)25(20(4)5)32-29(37)38-30(8,9)10/h12-13,15-16,19-22,25-26,34H,11,14,17-18H2,1-10H3,(H,31,35)(H,32,37). The number of alkyl carbamates (subject to hydrolysis) is 1. The Kier molecular flexibility index (Phi) is 13.1. The molecule has 1 aromatic rings. The molecule has 0 aliphatic heterocycles. The lowest BCUT2D eigenvalue weighted by molar-refractivity contribution is -0.146. The lowest BCUT2D eigenvalue weighted by Gasteiger charge is -2.40. The average molecular weight is 534 g/mol. The van der Waals surface area contributed by atoms with Crippen molar-refractivity contribution in [1.82, 2.24) is 15.5 Å². The van der Waals surface area contributed by atoms with Crippen molar-refractivity contribution >= 4 is 17.9 Å². The molecule has 3 amide bonds. The van der Waals surface area contributed by atoms with Gasteiger partial charge in [-0.15, -0.1) is 0 Å². The van der Waals surface area contributed by atoms with Crippen LogP contribution in [0.25, 0.3) is 0 Å². The van der Waals surface area contributed by atoms with Crippen LogP contribution in [0.2, 0.25) is 0 Å². The summed E-state index contributed by atoms with van der Waals surface area (Å²) in [6, 6.07) is 4.16. The molecule has 216 valence electrons. The van der Waals surface area contributed by atoms with Crippen molar-refractivity contribution in [2.24, 2.45) is 11.8 Å². The topological polar surface area (TPSA) is 108 Å². The van der Waals surface area contributed by atoms with Crippen LogP contribution >= 0.6 is 0 Å². The van der Waals surface area contributed by atoms with Crippen LogP contribution in [0.5, 0.6) is 5.75 Å². The van der Waals surface area contributed by atoms with Gasteiger partial charge in [0.15, 0.2) is 0 Å². The Balaban J connectivity index is 3.63. The van der Waals surface area contributed by atoms with Crippen LogP contribution in [0.1, 0.15) is 107 Å². The molecule has 8 heteroatoms. The normalized spacial score (nSPS) is 14.9. The monoisotopic (exact) mass is 533 g/mol. The smallest absolute Gasteiger partial charge is 0.408 e. The first-order chi connectivity index (χ1) is 17.6. The van der Waals surface area contributed by atoms with E-state index in [2.05, 4.69) is 24.5 Å². The Labute approximate surface area is 229 Å². The summed E-state index contributed by atoms with van der Waals surface area (Å²) in [7, 11) is 0. The second-order valence-electron chi connectivity index (χ2n) is 12.1. The minimum Gasteiger partial charge on any atom is -0.508 e. The van der Waals surface area contributed by atoms with Crippen molar-refractivity contribution in [3.05, 3.63) is 29.8 Å². The first kappa shape index (κ1) is 33.3. The van der Waals surface area contributed by atoms with Crippen molar-refractivity contribution < 1.29 is 24.2 Å². The summed E-state index contributed by atoms with van der Waals surface area (Å²) in [5.74, 6) is -0.699. The zero-order valence-electron chi connectivity index (χ0n) is 25.1. The van der Waals surface area contributed by atoms with Gasteiger partial charge in [-0.25, -0.2) is 4.79 Å². The second-order valence-corrected chi connectivity index (χ2v) is 12.1. The number of phenols is 1. The Hall–Kier alpha value is -2.77.